The number of rotatable bonds is 4. The Balaban J connectivity index is 1.77. The molecule has 0 bridgehead atoms. The van der Waals surface area contributed by atoms with Crippen LogP contribution in [-0.2, 0) is 6.54 Å². The van der Waals surface area contributed by atoms with E-state index in [0.29, 0.717) is 12.5 Å². The molecule has 122 valence electrons. The Morgan fingerprint density at radius 3 is 2.28 bits per heavy atom. The normalized spacial score (nSPS) is 10.8. The molecule has 0 fully saturated rings. The average Bonchev–Trinajstić information content (AvgIpc) is 2.67. The third-order valence-corrected chi connectivity index (χ3v) is 4.19. The Kier molecular flexibility index (Phi) is 4.13. The first-order valence-corrected chi connectivity index (χ1v) is 8.41. The molecule has 0 spiro atoms. The molecule has 3 nitrogen and oxygen atoms in total. The first-order valence-electron chi connectivity index (χ1n) is 8.41. The summed E-state index contributed by atoms with van der Waals surface area (Å²) in [4.78, 5) is 9.50. The SMILES string of the molecule is Cc1ccc2nc(NCc3ccccc3)nc(-c3ccccc3)c2c1. The summed E-state index contributed by atoms with van der Waals surface area (Å²) < 4.78 is 0. The molecule has 0 aliphatic carbocycles. The van der Waals surface area contributed by atoms with Crippen molar-refractivity contribution in [2.24, 2.45) is 0 Å². The maximum absolute atomic E-state index is 4.81. The van der Waals surface area contributed by atoms with Crippen molar-refractivity contribution in [2.75, 3.05) is 5.32 Å². The molecule has 0 aliphatic heterocycles. The summed E-state index contributed by atoms with van der Waals surface area (Å²) in [6, 6.07) is 26.9. The van der Waals surface area contributed by atoms with Gasteiger partial charge in [0.05, 0.1) is 11.2 Å². The molecular weight excluding hydrogens is 306 g/mol. The number of hydrogen-bond acceptors (Lipinski definition) is 3. The monoisotopic (exact) mass is 325 g/mol. The van der Waals surface area contributed by atoms with Gasteiger partial charge in [-0.05, 0) is 24.6 Å². The van der Waals surface area contributed by atoms with Crippen molar-refractivity contribution >= 4 is 16.9 Å². The second kappa shape index (κ2) is 6.73. The molecule has 3 aromatic carbocycles. The highest BCUT2D eigenvalue weighted by molar-refractivity contribution is 5.93. The summed E-state index contributed by atoms with van der Waals surface area (Å²) in [5.41, 5.74) is 5.43. The van der Waals surface area contributed by atoms with E-state index >= 15 is 0 Å². The molecule has 3 heteroatoms. The minimum absolute atomic E-state index is 0.652. The average molecular weight is 325 g/mol. The lowest BCUT2D eigenvalue weighted by Gasteiger charge is -2.11. The van der Waals surface area contributed by atoms with Crippen molar-refractivity contribution < 1.29 is 0 Å². The Labute approximate surface area is 147 Å². The number of aryl methyl sites for hydroxylation is 1. The Bertz CT molecular complexity index is 996. The molecule has 1 heterocycles. The zero-order chi connectivity index (χ0) is 17.1. The van der Waals surface area contributed by atoms with E-state index in [4.69, 9.17) is 9.97 Å². The number of hydrogen-bond donors (Lipinski definition) is 1. The van der Waals surface area contributed by atoms with Gasteiger partial charge >= 0.3 is 0 Å². The minimum atomic E-state index is 0.652. The van der Waals surface area contributed by atoms with Gasteiger partial charge in [-0.2, -0.15) is 0 Å². The van der Waals surface area contributed by atoms with Crippen LogP contribution in [0.4, 0.5) is 5.95 Å². The largest absolute Gasteiger partial charge is 0.350 e. The third-order valence-electron chi connectivity index (χ3n) is 4.19. The fourth-order valence-electron chi connectivity index (χ4n) is 2.91. The number of fused-ring (bicyclic) bond motifs is 1. The van der Waals surface area contributed by atoms with Gasteiger partial charge in [-0.25, -0.2) is 9.97 Å². The van der Waals surface area contributed by atoms with Crippen molar-refractivity contribution in [2.45, 2.75) is 13.5 Å². The van der Waals surface area contributed by atoms with Crippen LogP contribution in [-0.4, -0.2) is 9.97 Å². The highest BCUT2D eigenvalue weighted by atomic mass is 15.1. The first-order chi connectivity index (χ1) is 12.3. The smallest absolute Gasteiger partial charge is 0.224 e. The Hall–Kier alpha value is -3.20. The lowest BCUT2D eigenvalue weighted by atomic mass is 10.0. The highest BCUT2D eigenvalue weighted by Gasteiger charge is 2.10. The fourth-order valence-corrected chi connectivity index (χ4v) is 2.91. The van der Waals surface area contributed by atoms with E-state index < -0.39 is 0 Å². The van der Waals surface area contributed by atoms with E-state index in [1.165, 1.54) is 11.1 Å². The van der Waals surface area contributed by atoms with Crippen molar-refractivity contribution in [3.05, 3.63) is 90.0 Å². The Morgan fingerprint density at radius 1 is 0.800 bits per heavy atom. The van der Waals surface area contributed by atoms with Crippen LogP contribution >= 0.6 is 0 Å². The van der Waals surface area contributed by atoms with E-state index in [2.05, 4.69) is 54.7 Å². The van der Waals surface area contributed by atoms with Crippen molar-refractivity contribution in [3.8, 4) is 11.3 Å². The summed E-state index contributed by atoms with van der Waals surface area (Å²) in [6.07, 6.45) is 0. The molecule has 0 saturated carbocycles. The van der Waals surface area contributed by atoms with Gasteiger partial charge in [-0.1, -0.05) is 72.3 Å². The standard InChI is InChI=1S/C22H19N3/c1-16-12-13-20-19(14-16)21(18-10-6-3-7-11-18)25-22(24-20)23-15-17-8-4-2-5-9-17/h2-14H,15H2,1H3,(H,23,24,25). The molecule has 1 N–H and O–H groups in total. The van der Waals surface area contributed by atoms with Gasteiger partial charge in [0.15, 0.2) is 0 Å². The molecular formula is C22H19N3. The van der Waals surface area contributed by atoms with Crippen molar-refractivity contribution in [1.82, 2.24) is 9.97 Å². The van der Waals surface area contributed by atoms with E-state index in [1.54, 1.807) is 0 Å². The van der Waals surface area contributed by atoms with Crippen LogP contribution in [0.1, 0.15) is 11.1 Å². The molecule has 25 heavy (non-hydrogen) atoms. The van der Waals surface area contributed by atoms with Crippen molar-refractivity contribution in [3.63, 3.8) is 0 Å². The number of nitrogens with one attached hydrogen (secondary N) is 1. The molecule has 0 atom stereocenters. The molecule has 1 aromatic heterocycles. The lowest BCUT2D eigenvalue weighted by molar-refractivity contribution is 1.07. The van der Waals surface area contributed by atoms with Gasteiger partial charge in [-0.15, -0.1) is 0 Å². The summed E-state index contributed by atoms with van der Waals surface area (Å²) in [6.45, 7) is 2.79. The van der Waals surface area contributed by atoms with Gasteiger partial charge < -0.3 is 5.32 Å². The lowest BCUT2D eigenvalue weighted by Crippen LogP contribution is -2.05. The van der Waals surface area contributed by atoms with Crippen LogP contribution in [0, 0.1) is 6.92 Å². The zero-order valence-electron chi connectivity index (χ0n) is 14.1. The van der Waals surface area contributed by atoms with Crippen LogP contribution in [0.5, 0.6) is 0 Å². The van der Waals surface area contributed by atoms with Gasteiger partial charge in [0.2, 0.25) is 5.95 Å². The number of benzene rings is 3. The van der Waals surface area contributed by atoms with Gasteiger partial charge in [0, 0.05) is 17.5 Å². The molecule has 0 saturated heterocycles. The summed E-state index contributed by atoms with van der Waals surface area (Å²) >= 11 is 0. The second-order valence-corrected chi connectivity index (χ2v) is 6.12. The van der Waals surface area contributed by atoms with Crippen LogP contribution in [0.25, 0.3) is 22.2 Å². The van der Waals surface area contributed by atoms with E-state index in [0.717, 1.165) is 22.2 Å². The second-order valence-electron chi connectivity index (χ2n) is 6.12. The van der Waals surface area contributed by atoms with Gasteiger partial charge in [0.1, 0.15) is 0 Å². The van der Waals surface area contributed by atoms with Gasteiger partial charge in [0.25, 0.3) is 0 Å². The maximum Gasteiger partial charge on any atom is 0.224 e. The molecule has 0 unspecified atom stereocenters. The summed E-state index contributed by atoms with van der Waals surface area (Å²) in [5, 5.41) is 4.44. The highest BCUT2D eigenvalue weighted by Crippen LogP contribution is 2.28. The van der Waals surface area contributed by atoms with E-state index in [9.17, 15) is 0 Å². The predicted octanol–water partition coefficient (Wildman–Crippen LogP) is 5.22. The van der Waals surface area contributed by atoms with Crippen molar-refractivity contribution in [1.29, 1.82) is 0 Å². The molecule has 0 radical (unpaired) electrons. The minimum Gasteiger partial charge on any atom is -0.350 e. The maximum atomic E-state index is 4.81. The topological polar surface area (TPSA) is 37.8 Å². The Morgan fingerprint density at radius 2 is 1.52 bits per heavy atom. The number of aromatic nitrogens is 2. The van der Waals surface area contributed by atoms with E-state index in [1.807, 2.05) is 36.4 Å². The predicted molar refractivity (Wildman–Crippen MR) is 103 cm³/mol. The van der Waals surface area contributed by atoms with Gasteiger partial charge in [-0.3, -0.25) is 0 Å². The summed E-state index contributed by atoms with van der Waals surface area (Å²) in [7, 11) is 0. The third kappa shape index (κ3) is 3.36. The number of nitrogens with zero attached hydrogens (tertiary/aromatic N) is 2. The van der Waals surface area contributed by atoms with Crippen LogP contribution in [0.15, 0.2) is 78.9 Å². The number of anilines is 1. The van der Waals surface area contributed by atoms with Crippen LogP contribution in [0.2, 0.25) is 0 Å². The summed E-state index contributed by atoms with van der Waals surface area (Å²) in [5.74, 6) is 0.652. The van der Waals surface area contributed by atoms with Crippen LogP contribution in [0.3, 0.4) is 0 Å². The molecule has 0 aliphatic rings. The van der Waals surface area contributed by atoms with Crippen LogP contribution < -0.4 is 5.32 Å². The first kappa shape index (κ1) is 15.3. The molecule has 0 amide bonds. The molecule has 4 aromatic rings. The van der Waals surface area contributed by atoms with E-state index in [-0.39, 0.29) is 0 Å². The fraction of sp³-hybridized carbons (Fsp3) is 0.0909. The zero-order valence-corrected chi connectivity index (χ0v) is 14.1. The molecule has 4 rings (SSSR count). The quantitative estimate of drug-likeness (QED) is 0.559.